The van der Waals surface area contributed by atoms with Gasteiger partial charge < -0.3 is 15.4 Å². The van der Waals surface area contributed by atoms with Crippen molar-refractivity contribution in [1.29, 1.82) is 0 Å². The Morgan fingerprint density at radius 3 is 2.71 bits per heavy atom. The van der Waals surface area contributed by atoms with Gasteiger partial charge >= 0.3 is 6.03 Å². The molecule has 0 radical (unpaired) electrons. The van der Waals surface area contributed by atoms with Gasteiger partial charge in [-0.05, 0) is 45.9 Å². The van der Waals surface area contributed by atoms with Gasteiger partial charge in [-0.15, -0.1) is 0 Å². The summed E-state index contributed by atoms with van der Waals surface area (Å²) in [7, 11) is 0. The maximum absolute atomic E-state index is 13.9. The summed E-state index contributed by atoms with van der Waals surface area (Å²) in [5.41, 5.74) is 2.06. The van der Waals surface area contributed by atoms with Gasteiger partial charge in [-0.25, -0.2) is 9.18 Å². The minimum Gasteiger partial charge on any atom is -0.494 e. The Kier molecular flexibility index (Phi) is 5.78. The molecule has 0 bridgehead atoms. The molecule has 2 amide bonds. The number of hydrogen-bond acceptors (Lipinski definition) is 3. The van der Waals surface area contributed by atoms with Crippen molar-refractivity contribution in [3.63, 3.8) is 0 Å². The Hall–Kier alpha value is -2.57. The number of amides is 2. The molecule has 0 fully saturated rings. The molecule has 1 atom stereocenters. The standard InChI is InChI=1S/C17H23FN4O2/c1-5-24-14-6-7-16(15(18)9-14)20-17(23)19-10-13(4)22-12(3)8-11(2)21-22/h6-9,13H,5,10H2,1-4H3,(H2,19,20,23)/t13-/m0/s1. The van der Waals surface area contributed by atoms with Gasteiger partial charge in [0.2, 0.25) is 0 Å². The number of aromatic nitrogens is 2. The van der Waals surface area contributed by atoms with E-state index in [-0.39, 0.29) is 11.7 Å². The van der Waals surface area contributed by atoms with Crippen LogP contribution in [0.5, 0.6) is 5.75 Å². The third kappa shape index (κ3) is 4.47. The van der Waals surface area contributed by atoms with Gasteiger partial charge in [0.15, 0.2) is 0 Å². The van der Waals surface area contributed by atoms with Crippen LogP contribution in [0.2, 0.25) is 0 Å². The number of nitrogens with zero attached hydrogens (tertiary/aromatic N) is 2. The van der Waals surface area contributed by atoms with Crippen molar-refractivity contribution in [2.24, 2.45) is 0 Å². The van der Waals surface area contributed by atoms with Crippen LogP contribution in [0.3, 0.4) is 0 Å². The first kappa shape index (κ1) is 17.8. The van der Waals surface area contributed by atoms with E-state index in [1.54, 1.807) is 6.07 Å². The first-order valence-electron chi connectivity index (χ1n) is 7.90. The fraction of sp³-hybridized carbons (Fsp3) is 0.412. The average molecular weight is 334 g/mol. The number of carbonyl (C=O) groups excluding carboxylic acids is 1. The molecular weight excluding hydrogens is 311 g/mol. The molecule has 0 saturated heterocycles. The fourth-order valence-electron chi connectivity index (χ4n) is 2.44. The molecule has 0 aliphatic rings. The fourth-order valence-corrected chi connectivity index (χ4v) is 2.44. The molecular formula is C17H23FN4O2. The van der Waals surface area contributed by atoms with Gasteiger partial charge in [0.05, 0.1) is 24.0 Å². The zero-order valence-corrected chi connectivity index (χ0v) is 14.4. The minimum atomic E-state index is -0.539. The van der Waals surface area contributed by atoms with Crippen LogP contribution in [0.25, 0.3) is 0 Å². The lowest BCUT2D eigenvalue weighted by atomic mass is 10.3. The summed E-state index contributed by atoms with van der Waals surface area (Å²) in [6.45, 7) is 8.50. The molecule has 0 unspecified atom stereocenters. The van der Waals surface area contributed by atoms with Gasteiger partial charge in [0, 0.05) is 18.3 Å². The molecule has 0 saturated carbocycles. The summed E-state index contributed by atoms with van der Waals surface area (Å²) in [6.07, 6.45) is 0. The number of carbonyl (C=O) groups is 1. The maximum atomic E-state index is 13.9. The molecule has 0 aliphatic carbocycles. The number of anilines is 1. The molecule has 0 aliphatic heterocycles. The second-order valence-electron chi connectivity index (χ2n) is 5.63. The smallest absolute Gasteiger partial charge is 0.319 e. The van der Waals surface area contributed by atoms with Gasteiger partial charge in [0.25, 0.3) is 0 Å². The summed E-state index contributed by atoms with van der Waals surface area (Å²) in [6, 6.07) is 5.84. The highest BCUT2D eigenvalue weighted by atomic mass is 19.1. The van der Waals surface area contributed by atoms with Crippen LogP contribution in [0.15, 0.2) is 24.3 Å². The monoisotopic (exact) mass is 334 g/mol. The van der Waals surface area contributed by atoms with E-state index >= 15 is 0 Å². The Labute approximate surface area is 141 Å². The molecule has 1 aromatic heterocycles. The lowest BCUT2D eigenvalue weighted by Crippen LogP contribution is -2.34. The van der Waals surface area contributed by atoms with E-state index in [4.69, 9.17) is 4.74 Å². The molecule has 2 rings (SSSR count). The quantitative estimate of drug-likeness (QED) is 0.850. The van der Waals surface area contributed by atoms with Crippen LogP contribution in [-0.2, 0) is 0 Å². The van der Waals surface area contributed by atoms with E-state index in [2.05, 4.69) is 15.7 Å². The van der Waals surface area contributed by atoms with Crippen LogP contribution in [0.4, 0.5) is 14.9 Å². The third-order valence-corrected chi connectivity index (χ3v) is 3.52. The molecule has 0 spiro atoms. The van der Waals surface area contributed by atoms with E-state index in [9.17, 15) is 9.18 Å². The summed E-state index contributed by atoms with van der Waals surface area (Å²) in [5.74, 6) is -0.109. The van der Waals surface area contributed by atoms with Crippen LogP contribution in [0.1, 0.15) is 31.3 Å². The van der Waals surface area contributed by atoms with E-state index in [0.717, 1.165) is 11.4 Å². The zero-order valence-electron chi connectivity index (χ0n) is 14.4. The second kappa shape index (κ2) is 7.81. The lowest BCUT2D eigenvalue weighted by molar-refractivity contribution is 0.250. The third-order valence-electron chi connectivity index (χ3n) is 3.52. The molecule has 7 heteroatoms. The second-order valence-corrected chi connectivity index (χ2v) is 5.63. The predicted molar refractivity (Wildman–Crippen MR) is 91.0 cm³/mol. The zero-order chi connectivity index (χ0) is 17.7. The minimum absolute atomic E-state index is 0.00497. The molecule has 24 heavy (non-hydrogen) atoms. The first-order chi connectivity index (χ1) is 11.4. The van der Waals surface area contributed by atoms with Gasteiger partial charge in [-0.2, -0.15) is 5.10 Å². The van der Waals surface area contributed by atoms with Crippen molar-refractivity contribution in [2.75, 3.05) is 18.5 Å². The van der Waals surface area contributed by atoms with Crippen LogP contribution in [-0.4, -0.2) is 29.0 Å². The number of ether oxygens (including phenoxy) is 1. The molecule has 2 N–H and O–H groups in total. The average Bonchev–Trinajstić information content (AvgIpc) is 2.86. The molecule has 1 heterocycles. The van der Waals surface area contributed by atoms with E-state index in [1.807, 2.05) is 38.4 Å². The Morgan fingerprint density at radius 2 is 2.12 bits per heavy atom. The largest absolute Gasteiger partial charge is 0.494 e. The van der Waals surface area contributed by atoms with Crippen LogP contribution >= 0.6 is 0 Å². The summed E-state index contributed by atoms with van der Waals surface area (Å²) in [5, 5.41) is 9.60. The maximum Gasteiger partial charge on any atom is 0.319 e. The molecule has 1 aromatic carbocycles. The topological polar surface area (TPSA) is 68.2 Å². The highest BCUT2D eigenvalue weighted by Crippen LogP contribution is 2.20. The number of nitrogens with one attached hydrogen (secondary N) is 2. The molecule has 2 aromatic rings. The van der Waals surface area contributed by atoms with Crippen molar-refractivity contribution in [2.45, 2.75) is 33.7 Å². The van der Waals surface area contributed by atoms with Crippen molar-refractivity contribution < 1.29 is 13.9 Å². The number of hydrogen-bond donors (Lipinski definition) is 2. The van der Waals surface area contributed by atoms with Crippen LogP contribution < -0.4 is 15.4 Å². The Morgan fingerprint density at radius 1 is 1.38 bits per heavy atom. The number of benzene rings is 1. The SMILES string of the molecule is CCOc1ccc(NC(=O)NC[C@H](C)n2nc(C)cc2C)c(F)c1. The van der Waals surface area contributed by atoms with Gasteiger partial charge in [0.1, 0.15) is 11.6 Å². The van der Waals surface area contributed by atoms with E-state index < -0.39 is 11.8 Å². The van der Waals surface area contributed by atoms with Crippen molar-refractivity contribution in [1.82, 2.24) is 15.1 Å². The van der Waals surface area contributed by atoms with Crippen molar-refractivity contribution in [3.05, 3.63) is 41.5 Å². The van der Waals surface area contributed by atoms with Gasteiger partial charge in [-0.3, -0.25) is 4.68 Å². The Bertz CT molecular complexity index is 715. The predicted octanol–water partition coefficient (Wildman–Crippen LogP) is 3.42. The summed E-state index contributed by atoms with van der Waals surface area (Å²) < 4.78 is 21.0. The highest BCUT2D eigenvalue weighted by molar-refractivity contribution is 5.89. The lowest BCUT2D eigenvalue weighted by Gasteiger charge is -2.16. The van der Waals surface area contributed by atoms with Crippen LogP contribution in [0, 0.1) is 19.7 Å². The van der Waals surface area contributed by atoms with Crippen molar-refractivity contribution >= 4 is 11.7 Å². The van der Waals surface area contributed by atoms with Crippen molar-refractivity contribution in [3.8, 4) is 5.75 Å². The Balaban J connectivity index is 1.90. The number of urea groups is 1. The normalized spacial score (nSPS) is 11.9. The first-order valence-corrected chi connectivity index (χ1v) is 7.90. The number of rotatable bonds is 6. The number of aryl methyl sites for hydroxylation is 2. The highest BCUT2D eigenvalue weighted by Gasteiger charge is 2.12. The molecule has 130 valence electrons. The summed E-state index contributed by atoms with van der Waals surface area (Å²) in [4.78, 5) is 12.0. The number of halogens is 1. The van der Waals surface area contributed by atoms with E-state index in [0.29, 0.717) is 18.9 Å². The summed E-state index contributed by atoms with van der Waals surface area (Å²) >= 11 is 0. The van der Waals surface area contributed by atoms with Gasteiger partial charge in [-0.1, -0.05) is 0 Å². The molecule has 6 nitrogen and oxygen atoms in total. The van der Waals surface area contributed by atoms with E-state index in [1.165, 1.54) is 12.1 Å².